The molecule has 0 unspecified atom stereocenters. The topological polar surface area (TPSA) is 29.5 Å². The zero-order valence-corrected chi connectivity index (χ0v) is 16.1. The number of ether oxygens (including phenoxy) is 1. The zero-order valence-electron chi connectivity index (χ0n) is 15.4. The fraction of sp³-hybridized carbons (Fsp3) is 0.167. The van der Waals surface area contributed by atoms with Gasteiger partial charge in [-0.25, -0.2) is 0 Å². The van der Waals surface area contributed by atoms with Gasteiger partial charge < -0.3 is 9.84 Å². The van der Waals surface area contributed by atoms with Crippen molar-refractivity contribution >= 4 is 22.7 Å². The van der Waals surface area contributed by atoms with Crippen LogP contribution in [0.3, 0.4) is 0 Å². The van der Waals surface area contributed by atoms with Crippen molar-refractivity contribution in [3.05, 3.63) is 95.6 Å². The molecule has 0 spiro atoms. The van der Waals surface area contributed by atoms with Crippen LogP contribution in [-0.2, 0) is 0 Å². The number of alkyl halides is 1. The first-order valence-electron chi connectivity index (χ1n) is 9.10. The van der Waals surface area contributed by atoms with Gasteiger partial charge in [-0.1, -0.05) is 61.5 Å². The number of rotatable bonds is 7. The molecular weight excluding hydrogens is 356 g/mol. The Hall–Kier alpha value is -2.71. The summed E-state index contributed by atoms with van der Waals surface area (Å²) >= 11 is 5.70. The second kappa shape index (κ2) is 9.29. The third kappa shape index (κ3) is 4.72. The molecule has 0 saturated heterocycles. The lowest BCUT2D eigenvalue weighted by atomic mass is 9.88. The number of aromatic hydroxyl groups is 1. The Balaban J connectivity index is 2.13. The largest absolute Gasteiger partial charge is 0.508 e. The van der Waals surface area contributed by atoms with Gasteiger partial charge in [0.25, 0.3) is 0 Å². The van der Waals surface area contributed by atoms with Gasteiger partial charge in [0, 0.05) is 0 Å². The maximum atomic E-state index is 9.70. The molecule has 0 aliphatic rings. The SMILES string of the molecule is CC/C(=C(/c1ccc(O)cc1)c1ccc(OCCCl)cc1)c1ccccc1. The highest BCUT2D eigenvalue weighted by Gasteiger charge is 2.13. The second-order valence-electron chi connectivity index (χ2n) is 6.18. The number of hydrogen-bond acceptors (Lipinski definition) is 2. The average Bonchev–Trinajstić information content (AvgIpc) is 2.72. The van der Waals surface area contributed by atoms with Crippen LogP contribution in [0.4, 0.5) is 0 Å². The van der Waals surface area contributed by atoms with Crippen molar-refractivity contribution in [2.24, 2.45) is 0 Å². The minimum absolute atomic E-state index is 0.265. The third-order valence-corrected chi connectivity index (χ3v) is 4.58. The van der Waals surface area contributed by atoms with Crippen LogP contribution in [0.15, 0.2) is 78.9 Å². The minimum Gasteiger partial charge on any atom is -0.508 e. The Kier molecular flexibility index (Phi) is 6.56. The molecule has 3 rings (SSSR count). The minimum atomic E-state index is 0.265. The highest BCUT2D eigenvalue weighted by Crippen LogP contribution is 2.35. The summed E-state index contributed by atoms with van der Waals surface area (Å²) in [5.41, 5.74) is 5.80. The molecule has 27 heavy (non-hydrogen) atoms. The molecule has 0 aromatic heterocycles. The quantitative estimate of drug-likeness (QED) is 0.382. The molecule has 2 nitrogen and oxygen atoms in total. The van der Waals surface area contributed by atoms with E-state index in [9.17, 15) is 5.11 Å². The smallest absolute Gasteiger partial charge is 0.119 e. The Bertz CT molecular complexity index is 882. The molecular formula is C24H23ClO2. The fourth-order valence-corrected chi connectivity index (χ4v) is 3.26. The van der Waals surface area contributed by atoms with Gasteiger partial charge >= 0.3 is 0 Å². The maximum absolute atomic E-state index is 9.70. The molecule has 0 fully saturated rings. The van der Waals surface area contributed by atoms with Gasteiger partial charge in [-0.05, 0) is 58.5 Å². The van der Waals surface area contributed by atoms with E-state index in [0.29, 0.717) is 12.5 Å². The lowest BCUT2D eigenvalue weighted by Crippen LogP contribution is -1.99. The zero-order chi connectivity index (χ0) is 19.1. The van der Waals surface area contributed by atoms with Gasteiger partial charge in [-0.3, -0.25) is 0 Å². The monoisotopic (exact) mass is 378 g/mol. The maximum Gasteiger partial charge on any atom is 0.119 e. The molecule has 0 saturated carbocycles. The third-order valence-electron chi connectivity index (χ3n) is 4.42. The van der Waals surface area contributed by atoms with Gasteiger partial charge in [0.15, 0.2) is 0 Å². The molecule has 0 heterocycles. The van der Waals surface area contributed by atoms with Crippen LogP contribution in [0.1, 0.15) is 30.0 Å². The summed E-state index contributed by atoms with van der Waals surface area (Å²) in [7, 11) is 0. The van der Waals surface area contributed by atoms with Crippen LogP contribution in [0.5, 0.6) is 11.5 Å². The van der Waals surface area contributed by atoms with E-state index in [2.05, 4.69) is 43.3 Å². The summed E-state index contributed by atoms with van der Waals surface area (Å²) in [4.78, 5) is 0. The molecule has 3 heteroatoms. The van der Waals surface area contributed by atoms with Crippen LogP contribution in [0, 0.1) is 0 Å². The molecule has 138 valence electrons. The highest BCUT2D eigenvalue weighted by molar-refractivity contribution is 6.18. The summed E-state index contributed by atoms with van der Waals surface area (Å²) in [6.07, 6.45) is 0.894. The predicted molar refractivity (Wildman–Crippen MR) is 113 cm³/mol. The summed E-state index contributed by atoms with van der Waals surface area (Å²) in [5, 5.41) is 9.70. The lowest BCUT2D eigenvalue weighted by molar-refractivity contribution is 0.343. The van der Waals surface area contributed by atoms with Crippen LogP contribution in [0.2, 0.25) is 0 Å². The van der Waals surface area contributed by atoms with Crippen LogP contribution < -0.4 is 4.74 Å². The van der Waals surface area contributed by atoms with Crippen molar-refractivity contribution in [2.45, 2.75) is 13.3 Å². The second-order valence-corrected chi connectivity index (χ2v) is 6.56. The average molecular weight is 379 g/mol. The Morgan fingerprint density at radius 2 is 1.41 bits per heavy atom. The van der Waals surface area contributed by atoms with Crippen molar-refractivity contribution in [3.63, 3.8) is 0 Å². The summed E-state index contributed by atoms with van der Waals surface area (Å²) in [6, 6.07) is 25.9. The molecule has 3 aromatic carbocycles. The molecule has 3 aromatic rings. The van der Waals surface area contributed by atoms with Crippen molar-refractivity contribution < 1.29 is 9.84 Å². The van der Waals surface area contributed by atoms with Crippen molar-refractivity contribution in [2.75, 3.05) is 12.5 Å². The lowest BCUT2D eigenvalue weighted by Gasteiger charge is -2.17. The first kappa shape index (κ1) is 19.1. The van der Waals surface area contributed by atoms with Crippen molar-refractivity contribution in [3.8, 4) is 11.5 Å². The van der Waals surface area contributed by atoms with Crippen LogP contribution in [0.25, 0.3) is 11.1 Å². The van der Waals surface area contributed by atoms with E-state index in [1.54, 1.807) is 12.1 Å². The number of phenolic OH excluding ortho intramolecular Hbond substituents is 1. The molecule has 0 amide bonds. The van der Waals surface area contributed by atoms with E-state index in [-0.39, 0.29) is 5.75 Å². The summed E-state index contributed by atoms with van der Waals surface area (Å²) < 4.78 is 5.60. The molecule has 0 radical (unpaired) electrons. The Morgan fingerprint density at radius 1 is 0.815 bits per heavy atom. The van der Waals surface area contributed by atoms with Gasteiger partial charge in [-0.15, -0.1) is 11.6 Å². The van der Waals surface area contributed by atoms with E-state index in [4.69, 9.17) is 16.3 Å². The predicted octanol–water partition coefficient (Wildman–Crippen LogP) is 6.38. The number of allylic oxidation sites excluding steroid dienone is 1. The number of phenols is 1. The van der Waals surface area contributed by atoms with E-state index in [1.807, 2.05) is 30.3 Å². The van der Waals surface area contributed by atoms with E-state index >= 15 is 0 Å². The first-order chi connectivity index (χ1) is 13.2. The van der Waals surface area contributed by atoms with E-state index in [1.165, 1.54) is 11.1 Å². The van der Waals surface area contributed by atoms with E-state index in [0.717, 1.165) is 28.9 Å². The first-order valence-corrected chi connectivity index (χ1v) is 9.63. The molecule has 1 N–H and O–H groups in total. The number of benzene rings is 3. The van der Waals surface area contributed by atoms with Gasteiger partial charge in [-0.2, -0.15) is 0 Å². The summed E-state index contributed by atoms with van der Waals surface area (Å²) in [6.45, 7) is 2.66. The van der Waals surface area contributed by atoms with Crippen molar-refractivity contribution in [1.82, 2.24) is 0 Å². The molecule has 0 atom stereocenters. The number of halogens is 1. The normalized spacial score (nSPS) is 11.8. The van der Waals surface area contributed by atoms with Gasteiger partial charge in [0.2, 0.25) is 0 Å². The fourth-order valence-electron chi connectivity index (χ4n) is 3.18. The van der Waals surface area contributed by atoms with Crippen molar-refractivity contribution in [1.29, 1.82) is 0 Å². The van der Waals surface area contributed by atoms with E-state index < -0.39 is 0 Å². The number of hydrogen-bond donors (Lipinski definition) is 1. The highest BCUT2D eigenvalue weighted by atomic mass is 35.5. The van der Waals surface area contributed by atoms with Crippen LogP contribution in [-0.4, -0.2) is 17.6 Å². The van der Waals surface area contributed by atoms with Gasteiger partial charge in [0.05, 0.1) is 5.88 Å². The standard InChI is InChI=1S/C24H23ClO2/c1-2-23(18-6-4-3-5-7-18)24(19-8-12-21(26)13-9-19)20-10-14-22(15-11-20)27-17-16-25/h3-15,26H,2,16-17H2,1H3/b24-23+. The Morgan fingerprint density at radius 3 is 1.96 bits per heavy atom. The van der Waals surface area contributed by atoms with Gasteiger partial charge in [0.1, 0.15) is 18.1 Å². The Labute approximate surface area is 165 Å². The molecule has 0 aliphatic heterocycles. The molecule has 0 bridgehead atoms. The molecule has 0 aliphatic carbocycles. The van der Waals surface area contributed by atoms with Crippen LogP contribution >= 0.6 is 11.6 Å². The summed E-state index contributed by atoms with van der Waals surface area (Å²) in [5.74, 6) is 1.54.